The maximum atomic E-state index is 14.0. The lowest BCUT2D eigenvalue weighted by Crippen LogP contribution is -2.45. The Bertz CT molecular complexity index is 578. The van der Waals surface area contributed by atoms with Crippen LogP contribution in [0.2, 0.25) is 0 Å². The summed E-state index contributed by atoms with van der Waals surface area (Å²) < 4.78 is 32.7. The average Bonchev–Trinajstić information content (AvgIpc) is 2.91. The maximum Gasteiger partial charge on any atom is 0.236 e. The molecule has 3 rings (SSSR count). The molecule has 23 heavy (non-hydrogen) atoms. The van der Waals surface area contributed by atoms with Gasteiger partial charge in [-0.2, -0.15) is 0 Å². The van der Waals surface area contributed by atoms with Crippen molar-refractivity contribution in [2.45, 2.75) is 18.6 Å². The molecule has 0 aliphatic carbocycles. The van der Waals surface area contributed by atoms with Crippen molar-refractivity contribution in [3.63, 3.8) is 0 Å². The summed E-state index contributed by atoms with van der Waals surface area (Å²) in [4.78, 5) is 15.8. The van der Waals surface area contributed by atoms with Gasteiger partial charge in [-0.05, 0) is 24.6 Å². The third-order valence-corrected chi connectivity index (χ3v) is 4.40. The van der Waals surface area contributed by atoms with Crippen LogP contribution in [0.3, 0.4) is 0 Å². The molecule has 2 aliphatic heterocycles. The van der Waals surface area contributed by atoms with E-state index in [1.165, 1.54) is 0 Å². The number of hydrogen-bond donors (Lipinski definition) is 1. The van der Waals surface area contributed by atoms with Crippen molar-refractivity contribution in [3.8, 4) is 0 Å². The van der Waals surface area contributed by atoms with E-state index in [9.17, 15) is 18.7 Å². The fraction of sp³-hybridized carbons (Fsp3) is 0.562. The lowest BCUT2D eigenvalue weighted by molar-refractivity contribution is -0.136. The monoisotopic (exact) mass is 326 g/mol. The van der Waals surface area contributed by atoms with Crippen LogP contribution in [0.4, 0.5) is 8.78 Å². The Morgan fingerprint density at radius 2 is 2.04 bits per heavy atom. The number of carbonyl (C=O) groups excluding carboxylic acids is 1. The quantitative estimate of drug-likeness (QED) is 0.898. The number of amides is 1. The highest BCUT2D eigenvalue weighted by atomic mass is 19.1. The van der Waals surface area contributed by atoms with E-state index >= 15 is 0 Å². The number of hydrogen-bond acceptors (Lipinski definition) is 4. The largest absolute Gasteiger partial charge is 0.392 e. The summed E-state index contributed by atoms with van der Waals surface area (Å²) in [7, 11) is 0. The molecule has 2 aliphatic rings. The Balaban J connectivity index is 1.74. The lowest BCUT2D eigenvalue weighted by Gasteiger charge is -2.30. The molecule has 0 radical (unpaired) electrons. The van der Waals surface area contributed by atoms with Gasteiger partial charge in [0.1, 0.15) is 11.6 Å². The van der Waals surface area contributed by atoms with Crippen molar-refractivity contribution in [2.24, 2.45) is 0 Å². The van der Waals surface area contributed by atoms with Crippen LogP contribution >= 0.6 is 0 Å². The second kappa shape index (κ2) is 6.90. The van der Waals surface area contributed by atoms with Crippen molar-refractivity contribution in [2.75, 3.05) is 39.4 Å². The van der Waals surface area contributed by atoms with Gasteiger partial charge in [-0.25, -0.2) is 8.78 Å². The predicted octanol–water partition coefficient (Wildman–Crippen LogP) is 0.931. The molecule has 2 heterocycles. The zero-order valence-corrected chi connectivity index (χ0v) is 12.8. The Kier molecular flexibility index (Phi) is 4.89. The molecule has 5 nitrogen and oxygen atoms in total. The van der Waals surface area contributed by atoms with Gasteiger partial charge in [0.2, 0.25) is 5.91 Å². The molecule has 0 spiro atoms. The minimum atomic E-state index is -0.653. The zero-order valence-electron chi connectivity index (χ0n) is 12.8. The van der Waals surface area contributed by atoms with Crippen molar-refractivity contribution in [1.82, 2.24) is 9.80 Å². The number of aliphatic hydroxyl groups excluding tert-OH is 1. The van der Waals surface area contributed by atoms with Crippen molar-refractivity contribution in [3.05, 3.63) is 35.4 Å². The number of benzene rings is 1. The van der Waals surface area contributed by atoms with Crippen molar-refractivity contribution < 1.29 is 23.4 Å². The molecule has 2 atom stereocenters. The van der Waals surface area contributed by atoms with Crippen LogP contribution < -0.4 is 0 Å². The van der Waals surface area contributed by atoms with Gasteiger partial charge in [-0.1, -0.05) is 0 Å². The number of halogens is 2. The van der Waals surface area contributed by atoms with Gasteiger partial charge in [0.25, 0.3) is 0 Å². The molecule has 0 unspecified atom stereocenters. The van der Waals surface area contributed by atoms with Crippen LogP contribution in [-0.4, -0.2) is 66.3 Å². The molecule has 0 saturated carbocycles. The number of likely N-dealkylation sites (tertiary alicyclic amines) is 1. The first kappa shape index (κ1) is 16.3. The number of ether oxygens (including phenoxy) is 1. The van der Waals surface area contributed by atoms with E-state index in [-0.39, 0.29) is 31.0 Å². The van der Waals surface area contributed by atoms with E-state index in [1.54, 1.807) is 9.80 Å². The van der Waals surface area contributed by atoms with E-state index in [0.29, 0.717) is 26.3 Å². The summed E-state index contributed by atoms with van der Waals surface area (Å²) in [6.07, 6.45) is -0.364. The molecule has 0 aromatic heterocycles. The standard InChI is InChI=1S/C16H20F2N2O3/c17-11-1-2-14(18)13(7-11)15-8-12(21)9-20(15)10-16(22)19-3-5-23-6-4-19/h1-2,7,12,15,21H,3-6,8-10H2/t12-,15-/m0/s1. The van der Waals surface area contributed by atoms with Crippen molar-refractivity contribution in [1.29, 1.82) is 0 Å². The summed E-state index contributed by atoms with van der Waals surface area (Å²) in [6.45, 7) is 2.45. The number of carbonyl (C=O) groups is 1. The number of aliphatic hydroxyl groups is 1. The molecular weight excluding hydrogens is 306 g/mol. The smallest absolute Gasteiger partial charge is 0.236 e. The molecule has 1 N–H and O–H groups in total. The van der Waals surface area contributed by atoms with E-state index in [0.717, 1.165) is 18.2 Å². The van der Waals surface area contributed by atoms with Crippen LogP contribution in [0.1, 0.15) is 18.0 Å². The fourth-order valence-corrected chi connectivity index (χ4v) is 3.23. The second-order valence-electron chi connectivity index (χ2n) is 5.99. The Morgan fingerprint density at radius 1 is 1.30 bits per heavy atom. The highest BCUT2D eigenvalue weighted by Crippen LogP contribution is 2.33. The van der Waals surface area contributed by atoms with Gasteiger partial charge < -0.3 is 14.7 Å². The van der Waals surface area contributed by atoms with Crippen molar-refractivity contribution >= 4 is 5.91 Å². The molecule has 1 aromatic carbocycles. The topological polar surface area (TPSA) is 53.0 Å². The molecule has 1 aromatic rings. The van der Waals surface area contributed by atoms with Gasteiger partial charge >= 0.3 is 0 Å². The lowest BCUT2D eigenvalue weighted by atomic mass is 10.0. The van der Waals surface area contributed by atoms with Gasteiger partial charge in [0.05, 0.1) is 25.9 Å². The van der Waals surface area contributed by atoms with Crippen LogP contribution in [-0.2, 0) is 9.53 Å². The van der Waals surface area contributed by atoms with Gasteiger partial charge in [-0.3, -0.25) is 9.69 Å². The van der Waals surface area contributed by atoms with E-state index in [4.69, 9.17) is 4.74 Å². The molecule has 2 saturated heterocycles. The van der Waals surface area contributed by atoms with Gasteiger partial charge in [0, 0.05) is 31.2 Å². The third kappa shape index (κ3) is 3.68. The molecule has 7 heteroatoms. The van der Waals surface area contributed by atoms with Crippen LogP contribution in [0, 0.1) is 11.6 Å². The predicted molar refractivity (Wildman–Crippen MR) is 78.7 cm³/mol. The van der Waals surface area contributed by atoms with Crippen LogP contribution in [0.25, 0.3) is 0 Å². The number of nitrogens with zero attached hydrogens (tertiary/aromatic N) is 2. The summed E-state index contributed by atoms with van der Waals surface area (Å²) >= 11 is 0. The van der Waals surface area contributed by atoms with Crippen LogP contribution in [0.15, 0.2) is 18.2 Å². The Labute approximate surface area is 133 Å². The summed E-state index contributed by atoms with van der Waals surface area (Å²) in [6, 6.07) is 2.79. The highest BCUT2D eigenvalue weighted by Gasteiger charge is 2.35. The summed E-state index contributed by atoms with van der Waals surface area (Å²) in [5.41, 5.74) is 0.191. The minimum Gasteiger partial charge on any atom is -0.392 e. The molecule has 0 bridgehead atoms. The van der Waals surface area contributed by atoms with Crippen LogP contribution in [0.5, 0.6) is 0 Å². The second-order valence-corrected chi connectivity index (χ2v) is 5.99. The normalized spacial score (nSPS) is 25.8. The summed E-state index contributed by atoms with van der Waals surface area (Å²) in [5, 5.41) is 9.91. The molecule has 1 amide bonds. The Morgan fingerprint density at radius 3 is 2.78 bits per heavy atom. The first-order chi connectivity index (χ1) is 11.0. The SMILES string of the molecule is O=C(CN1C[C@@H](O)C[C@H]1c1cc(F)ccc1F)N1CCOCC1. The molecule has 126 valence electrons. The van der Waals surface area contributed by atoms with Gasteiger partial charge in [0.15, 0.2) is 0 Å². The average molecular weight is 326 g/mol. The maximum absolute atomic E-state index is 14.0. The molecule has 2 fully saturated rings. The zero-order chi connectivity index (χ0) is 16.4. The number of rotatable bonds is 3. The number of morpholine rings is 1. The summed E-state index contributed by atoms with van der Waals surface area (Å²) in [5.74, 6) is -1.12. The fourth-order valence-electron chi connectivity index (χ4n) is 3.23. The first-order valence-corrected chi connectivity index (χ1v) is 7.77. The highest BCUT2D eigenvalue weighted by molar-refractivity contribution is 5.78. The van der Waals surface area contributed by atoms with Gasteiger partial charge in [-0.15, -0.1) is 0 Å². The Hall–Kier alpha value is -1.57. The number of β-amino-alcohol motifs (C(OH)–C–C–N with tert-alkyl or cyclic N) is 1. The van der Waals surface area contributed by atoms with E-state index in [2.05, 4.69) is 0 Å². The van der Waals surface area contributed by atoms with E-state index in [1.807, 2.05) is 0 Å². The minimum absolute atomic E-state index is 0.0794. The third-order valence-electron chi connectivity index (χ3n) is 4.40. The molecular formula is C16H20F2N2O3. The first-order valence-electron chi connectivity index (χ1n) is 7.77. The van der Waals surface area contributed by atoms with E-state index < -0.39 is 23.8 Å².